The number of fused-ring (bicyclic) bond motifs is 3. The van der Waals surface area contributed by atoms with E-state index in [2.05, 4.69) is 25.9 Å². The first-order valence-electron chi connectivity index (χ1n) is 9.23. The molecule has 0 saturated heterocycles. The van der Waals surface area contributed by atoms with E-state index in [1.165, 1.54) is 11.3 Å². The Hall–Kier alpha value is -3.10. The van der Waals surface area contributed by atoms with Crippen molar-refractivity contribution in [3.05, 3.63) is 73.9 Å². The molecular weight excluding hydrogens is 468 g/mol. The van der Waals surface area contributed by atoms with E-state index in [0.29, 0.717) is 34.1 Å². The number of rotatable bonds is 3. The van der Waals surface area contributed by atoms with Crippen LogP contribution in [0.5, 0.6) is 11.5 Å². The van der Waals surface area contributed by atoms with E-state index < -0.39 is 0 Å². The minimum absolute atomic E-state index is 0.0778. The number of H-pyrrole nitrogens is 1. The summed E-state index contributed by atoms with van der Waals surface area (Å²) in [5.74, 6) is 1.46. The maximum atomic E-state index is 13.4. The Morgan fingerprint density at radius 3 is 2.90 bits per heavy atom. The molecule has 30 heavy (non-hydrogen) atoms. The highest BCUT2D eigenvalue weighted by Gasteiger charge is 2.22. The van der Waals surface area contributed by atoms with Crippen LogP contribution in [0.3, 0.4) is 0 Å². The second-order valence-electron chi connectivity index (χ2n) is 6.96. The molecule has 2 aromatic carbocycles. The molecule has 8 heteroatoms. The number of thiazole rings is 1. The molecule has 1 aliphatic heterocycles. The molecule has 0 unspecified atom stereocenters. The Morgan fingerprint density at radius 1 is 1.13 bits per heavy atom. The number of aromatic nitrogens is 2. The average Bonchev–Trinajstić information content (AvgIpc) is 3.48. The van der Waals surface area contributed by atoms with E-state index in [1.807, 2.05) is 29.6 Å². The zero-order valence-electron chi connectivity index (χ0n) is 15.4. The van der Waals surface area contributed by atoms with E-state index in [9.17, 15) is 4.79 Å². The lowest BCUT2D eigenvalue weighted by Crippen LogP contribution is -2.02. The van der Waals surface area contributed by atoms with E-state index in [0.717, 1.165) is 32.2 Å². The van der Waals surface area contributed by atoms with Crippen molar-refractivity contribution in [2.45, 2.75) is 6.42 Å². The monoisotopic (exact) mass is 480 g/mol. The van der Waals surface area contributed by atoms with E-state index >= 15 is 0 Å². The van der Waals surface area contributed by atoms with Gasteiger partial charge in [-0.3, -0.25) is 4.79 Å². The average molecular weight is 481 g/mol. The van der Waals surface area contributed by atoms with Crippen LogP contribution in [0.15, 0.2) is 61.7 Å². The first-order chi connectivity index (χ1) is 14.7. The maximum absolute atomic E-state index is 13.4. The Balaban J connectivity index is 1.59. The van der Waals surface area contributed by atoms with Gasteiger partial charge in [-0.15, -0.1) is 11.3 Å². The molecule has 148 valence electrons. The lowest BCUT2D eigenvalue weighted by molar-refractivity contribution is 0.174. The first-order valence-corrected chi connectivity index (χ1v) is 10.9. The normalized spacial score (nSPS) is 12.8. The fourth-order valence-electron chi connectivity index (χ4n) is 3.76. The predicted molar refractivity (Wildman–Crippen MR) is 119 cm³/mol. The van der Waals surface area contributed by atoms with Gasteiger partial charge in [0, 0.05) is 22.5 Å². The molecule has 0 aliphatic carbocycles. The molecule has 3 aromatic heterocycles. The summed E-state index contributed by atoms with van der Waals surface area (Å²) in [6, 6.07) is 11.3. The van der Waals surface area contributed by atoms with Crippen molar-refractivity contribution in [2.75, 3.05) is 6.79 Å². The van der Waals surface area contributed by atoms with Crippen molar-refractivity contribution in [3.8, 4) is 22.2 Å². The Bertz CT molecular complexity index is 1490. The van der Waals surface area contributed by atoms with Crippen molar-refractivity contribution < 1.29 is 13.9 Å². The van der Waals surface area contributed by atoms with Crippen LogP contribution in [0, 0.1) is 0 Å². The molecule has 0 bridgehead atoms. The van der Waals surface area contributed by atoms with Crippen LogP contribution in [0.25, 0.3) is 32.6 Å². The molecule has 1 N–H and O–H groups in total. The van der Waals surface area contributed by atoms with Gasteiger partial charge >= 0.3 is 0 Å². The van der Waals surface area contributed by atoms with Crippen LogP contribution in [-0.4, -0.2) is 16.8 Å². The number of halogens is 1. The molecular formula is C22H13BrN2O4S. The summed E-state index contributed by atoms with van der Waals surface area (Å²) >= 11 is 4.92. The third-order valence-corrected chi connectivity index (χ3v) is 6.40. The second kappa shape index (κ2) is 6.72. The maximum Gasteiger partial charge on any atom is 0.231 e. The Kier molecular flexibility index (Phi) is 3.97. The second-order valence-corrected chi connectivity index (χ2v) is 8.77. The van der Waals surface area contributed by atoms with Crippen LogP contribution in [0.4, 0.5) is 0 Å². The topological polar surface area (TPSA) is 77.4 Å². The van der Waals surface area contributed by atoms with Gasteiger partial charge in [-0.2, -0.15) is 0 Å². The first kappa shape index (κ1) is 17.7. The number of aromatic amines is 1. The van der Waals surface area contributed by atoms with Gasteiger partial charge < -0.3 is 18.9 Å². The summed E-state index contributed by atoms with van der Waals surface area (Å²) in [6.45, 7) is 0.231. The molecule has 6 nitrogen and oxygen atoms in total. The number of nitrogens with zero attached hydrogens (tertiary/aromatic N) is 1. The van der Waals surface area contributed by atoms with Gasteiger partial charge in [0.1, 0.15) is 10.6 Å². The quantitative estimate of drug-likeness (QED) is 0.369. The van der Waals surface area contributed by atoms with Crippen molar-refractivity contribution in [3.63, 3.8) is 0 Å². The number of benzene rings is 2. The summed E-state index contributed by atoms with van der Waals surface area (Å²) in [6.07, 6.45) is 2.27. The highest BCUT2D eigenvalue weighted by atomic mass is 79.9. The molecule has 0 spiro atoms. The summed E-state index contributed by atoms with van der Waals surface area (Å²) in [5.41, 5.74) is 3.55. The Morgan fingerprint density at radius 2 is 2.03 bits per heavy atom. The van der Waals surface area contributed by atoms with Crippen molar-refractivity contribution in [2.24, 2.45) is 0 Å². The van der Waals surface area contributed by atoms with Crippen LogP contribution in [0.2, 0.25) is 0 Å². The molecule has 0 fully saturated rings. The van der Waals surface area contributed by atoms with Gasteiger partial charge in [0.05, 0.1) is 22.2 Å². The van der Waals surface area contributed by atoms with Gasteiger partial charge in [0.2, 0.25) is 12.2 Å². The van der Waals surface area contributed by atoms with E-state index in [-0.39, 0.29) is 12.2 Å². The number of ether oxygens (including phenoxy) is 2. The van der Waals surface area contributed by atoms with Gasteiger partial charge in [-0.05, 0) is 35.9 Å². The molecule has 4 heterocycles. The largest absolute Gasteiger partial charge is 0.454 e. The zero-order valence-corrected chi connectivity index (χ0v) is 17.8. The van der Waals surface area contributed by atoms with Gasteiger partial charge in [-0.25, -0.2) is 4.98 Å². The van der Waals surface area contributed by atoms with Crippen LogP contribution < -0.4 is 14.9 Å². The third-order valence-electron chi connectivity index (χ3n) is 5.12. The molecule has 0 radical (unpaired) electrons. The van der Waals surface area contributed by atoms with Crippen molar-refractivity contribution in [1.82, 2.24) is 9.97 Å². The van der Waals surface area contributed by atoms with Gasteiger partial charge in [0.25, 0.3) is 0 Å². The summed E-state index contributed by atoms with van der Waals surface area (Å²) < 4.78 is 18.0. The molecule has 6 rings (SSSR count). The summed E-state index contributed by atoms with van der Waals surface area (Å²) in [4.78, 5) is 21.2. The smallest absolute Gasteiger partial charge is 0.231 e. The standard InChI is InChI=1S/C22H13BrN2O4S/c23-12-2-4-15-13(9-12)20(26)18-19(22-24-5-6-30-22)25-14(21(18)29-15)7-11-1-3-16-17(8-11)28-10-27-16/h1-6,8-9,25H,7,10H2. The van der Waals surface area contributed by atoms with Gasteiger partial charge in [0.15, 0.2) is 17.1 Å². The predicted octanol–water partition coefficient (Wildman–Crippen LogP) is 5.48. The molecule has 5 aromatic rings. The number of nitrogens with one attached hydrogen (secondary N) is 1. The van der Waals surface area contributed by atoms with Gasteiger partial charge in [-0.1, -0.05) is 22.0 Å². The minimum atomic E-state index is -0.0778. The molecule has 0 amide bonds. The zero-order chi connectivity index (χ0) is 20.2. The van der Waals surface area contributed by atoms with E-state index in [1.54, 1.807) is 18.3 Å². The van der Waals surface area contributed by atoms with Crippen molar-refractivity contribution in [1.29, 1.82) is 0 Å². The van der Waals surface area contributed by atoms with Crippen molar-refractivity contribution >= 4 is 49.2 Å². The highest BCUT2D eigenvalue weighted by Crippen LogP contribution is 2.36. The fourth-order valence-corrected chi connectivity index (χ4v) is 4.77. The lowest BCUT2D eigenvalue weighted by Gasteiger charge is -2.03. The van der Waals surface area contributed by atoms with E-state index in [4.69, 9.17) is 13.9 Å². The summed E-state index contributed by atoms with van der Waals surface area (Å²) in [7, 11) is 0. The minimum Gasteiger partial charge on any atom is -0.454 e. The Labute approximate surface area is 182 Å². The number of hydrogen-bond acceptors (Lipinski definition) is 6. The molecule has 0 saturated carbocycles. The lowest BCUT2D eigenvalue weighted by atomic mass is 10.1. The molecule has 1 aliphatic rings. The van der Waals surface area contributed by atoms with Crippen LogP contribution in [-0.2, 0) is 6.42 Å². The van der Waals surface area contributed by atoms with Crippen LogP contribution >= 0.6 is 27.3 Å². The third kappa shape index (κ3) is 2.75. The number of hydrogen-bond donors (Lipinski definition) is 1. The molecule has 0 atom stereocenters. The SMILES string of the molecule is O=c1c2cc(Br)ccc2oc2c(Cc3ccc4c(c3)OCO4)[nH]c(-c3nccs3)c12. The fraction of sp³-hybridized carbons (Fsp3) is 0.0909. The highest BCUT2D eigenvalue weighted by molar-refractivity contribution is 9.10. The van der Waals surface area contributed by atoms with Crippen LogP contribution in [0.1, 0.15) is 11.3 Å². The summed E-state index contributed by atoms with van der Waals surface area (Å²) in [5, 5.41) is 3.69.